The zero-order valence-corrected chi connectivity index (χ0v) is 18.6. The van der Waals surface area contributed by atoms with Gasteiger partial charge in [-0.1, -0.05) is 11.6 Å². The maximum Gasteiger partial charge on any atom is 0.227 e. The number of benzene rings is 2. The summed E-state index contributed by atoms with van der Waals surface area (Å²) in [5.74, 6) is 1.02. The van der Waals surface area contributed by atoms with E-state index in [9.17, 15) is 10.1 Å². The molecule has 1 saturated heterocycles. The van der Waals surface area contributed by atoms with E-state index in [1.807, 2.05) is 12.1 Å². The van der Waals surface area contributed by atoms with Gasteiger partial charge < -0.3 is 19.7 Å². The van der Waals surface area contributed by atoms with E-state index in [0.29, 0.717) is 53.7 Å². The van der Waals surface area contributed by atoms with Crippen LogP contribution in [-0.4, -0.2) is 38.2 Å². The summed E-state index contributed by atoms with van der Waals surface area (Å²) in [6.07, 6.45) is 2.92. The van der Waals surface area contributed by atoms with Gasteiger partial charge in [-0.25, -0.2) is 0 Å². The predicted octanol–water partition coefficient (Wildman–Crippen LogP) is 4.63. The molecule has 3 aromatic rings. The molecule has 0 unspecified atom stereocenters. The van der Waals surface area contributed by atoms with Crippen LogP contribution >= 0.6 is 11.6 Å². The number of pyridine rings is 1. The number of halogens is 1. The lowest BCUT2D eigenvalue weighted by Crippen LogP contribution is -2.38. The van der Waals surface area contributed by atoms with Crippen molar-refractivity contribution >= 4 is 39.8 Å². The van der Waals surface area contributed by atoms with Gasteiger partial charge in [-0.3, -0.25) is 9.78 Å². The smallest absolute Gasteiger partial charge is 0.227 e. The van der Waals surface area contributed by atoms with Crippen LogP contribution in [0.3, 0.4) is 0 Å². The van der Waals surface area contributed by atoms with Crippen molar-refractivity contribution in [3.8, 4) is 17.6 Å². The second-order valence-corrected chi connectivity index (χ2v) is 8.05. The molecule has 7 nitrogen and oxygen atoms in total. The van der Waals surface area contributed by atoms with Crippen molar-refractivity contribution in [1.82, 2.24) is 4.98 Å². The Balaban J connectivity index is 1.51. The van der Waals surface area contributed by atoms with E-state index in [2.05, 4.69) is 21.3 Å². The van der Waals surface area contributed by atoms with Crippen molar-refractivity contribution in [2.24, 2.45) is 5.92 Å². The van der Waals surface area contributed by atoms with Crippen molar-refractivity contribution < 1.29 is 14.3 Å². The summed E-state index contributed by atoms with van der Waals surface area (Å²) < 4.78 is 10.6. The molecule has 4 rings (SSSR count). The molecule has 0 bridgehead atoms. The molecule has 1 aliphatic rings. The third-order valence-electron chi connectivity index (χ3n) is 5.77. The third kappa shape index (κ3) is 4.27. The van der Waals surface area contributed by atoms with Crippen LogP contribution in [0.15, 0.2) is 42.6 Å². The Morgan fingerprint density at radius 1 is 1.19 bits per heavy atom. The number of ether oxygens (including phenoxy) is 2. The number of piperidine rings is 1. The molecule has 1 aliphatic heterocycles. The summed E-state index contributed by atoms with van der Waals surface area (Å²) in [5, 5.41) is 14.1. The van der Waals surface area contributed by atoms with Crippen LogP contribution in [0.5, 0.6) is 11.5 Å². The number of hydrogen-bond donors (Lipinski definition) is 1. The van der Waals surface area contributed by atoms with Gasteiger partial charge in [0.2, 0.25) is 5.91 Å². The molecule has 1 amide bonds. The van der Waals surface area contributed by atoms with E-state index >= 15 is 0 Å². The fraction of sp³-hybridized carbons (Fsp3) is 0.292. The molecule has 164 valence electrons. The number of anilines is 2. The van der Waals surface area contributed by atoms with Crippen LogP contribution in [0.1, 0.15) is 18.4 Å². The number of carbonyl (C=O) groups is 1. The summed E-state index contributed by atoms with van der Waals surface area (Å²) in [7, 11) is 3.14. The van der Waals surface area contributed by atoms with Crippen LogP contribution in [-0.2, 0) is 4.79 Å². The molecule has 0 aliphatic carbocycles. The summed E-state index contributed by atoms with van der Waals surface area (Å²) >= 11 is 6.21. The SMILES string of the molecule is COc1ccc(OC)c(NC(=O)C2CCN(c3c(C#N)cnc4ccc(Cl)cc34)CC2)c1. The number of fused-ring (bicyclic) bond motifs is 1. The van der Waals surface area contributed by atoms with Gasteiger partial charge in [0.1, 0.15) is 17.6 Å². The maximum absolute atomic E-state index is 13.0. The fourth-order valence-electron chi connectivity index (χ4n) is 4.09. The lowest BCUT2D eigenvalue weighted by atomic mass is 9.94. The average molecular weight is 451 g/mol. The van der Waals surface area contributed by atoms with Crippen LogP contribution in [0, 0.1) is 17.2 Å². The average Bonchev–Trinajstić information content (AvgIpc) is 2.83. The quantitative estimate of drug-likeness (QED) is 0.609. The Morgan fingerprint density at radius 2 is 1.97 bits per heavy atom. The molecule has 32 heavy (non-hydrogen) atoms. The van der Waals surface area contributed by atoms with Crippen molar-refractivity contribution in [2.45, 2.75) is 12.8 Å². The summed E-state index contributed by atoms with van der Waals surface area (Å²) in [4.78, 5) is 19.5. The van der Waals surface area contributed by atoms with Gasteiger partial charge in [0.05, 0.1) is 36.7 Å². The van der Waals surface area contributed by atoms with Crippen LogP contribution < -0.4 is 19.7 Å². The first-order valence-corrected chi connectivity index (χ1v) is 10.7. The number of aromatic nitrogens is 1. The number of rotatable bonds is 5. The minimum absolute atomic E-state index is 0.0562. The molecule has 0 spiro atoms. The largest absolute Gasteiger partial charge is 0.497 e. The highest BCUT2D eigenvalue weighted by Gasteiger charge is 2.28. The Kier molecular flexibility index (Phi) is 6.33. The maximum atomic E-state index is 13.0. The van der Waals surface area contributed by atoms with Gasteiger partial charge in [0, 0.05) is 41.7 Å². The highest BCUT2D eigenvalue weighted by atomic mass is 35.5. The van der Waals surface area contributed by atoms with E-state index in [1.165, 1.54) is 0 Å². The van der Waals surface area contributed by atoms with Crippen molar-refractivity contribution in [3.05, 3.63) is 53.2 Å². The normalized spacial score (nSPS) is 14.1. The second-order valence-electron chi connectivity index (χ2n) is 7.61. The summed E-state index contributed by atoms with van der Waals surface area (Å²) in [6.45, 7) is 1.29. The zero-order chi connectivity index (χ0) is 22.7. The van der Waals surface area contributed by atoms with E-state index < -0.39 is 0 Å². The molecule has 0 radical (unpaired) electrons. The Hall–Kier alpha value is -3.50. The van der Waals surface area contributed by atoms with Crippen LogP contribution in [0.25, 0.3) is 10.9 Å². The molecule has 1 N–H and O–H groups in total. The number of amides is 1. The Morgan fingerprint density at radius 3 is 2.66 bits per heavy atom. The fourth-order valence-corrected chi connectivity index (χ4v) is 4.26. The minimum Gasteiger partial charge on any atom is -0.497 e. The van der Waals surface area contributed by atoms with E-state index in [1.54, 1.807) is 44.7 Å². The second kappa shape index (κ2) is 9.33. The topological polar surface area (TPSA) is 87.5 Å². The lowest BCUT2D eigenvalue weighted by molar-refractivity contribution is -0.120. The molecule has 2 heterocycles. The van der Waals surface area contributed by atoms with E-state index in [-0.39, 0.29) is 11.8 Å². The van der Waals surface area contributed by atoms with Crippen molar-refractivity contribution in [3.63, 3.8) is 0 Å². The molecule has 2 aromatic carbocycles. The number of nitrogens with zero attached hydrogens (tertiary/aromatic N) is 3. The minimum atomic E-state index is -0.149. The standard InChI is InChI=1S/C24H23ClN4O3/c1-31-18-4-6-22(32-2)21(12-18)28-24(30)15-7-9-29(10-8-15)23-16(13-26)14-27-20-5-3-17(25)11-19(20)23/h3-6,11-12,14-15H,7-10H2,1-2H3,(H,28,30). The number of carbonyl (C=O) groups excluding carboxylic acids is 1. The van der Waals surface area contributed by atoms with Gasteiger partial charge in [-0.2, -0.15) is 5.26 Å². The van der Waals surface area contributed by atoms with Crippen molar-refractivity contribution in [1.29, 1.82) is 5.26 Å². The Bertz CT molecular complexity index is 1200. The Labute approximate surface area is 191 Å². The van der Waals surface area contributed by atoms with Gasteiger partial charge >= 0.3 is 0 Å². The summed E-state index contributed by atoms with van der Waals surface area (Å²) in [6, 6.07) is 13.0. The molecule has 0 saturated carbocycles. The van der Waals surface area contributed by atoms with E-state index in [4.69, 9.17) is 21.1 Å². The van der Waals surface area contributed by atoms with E-state index in [0.717, 1.165) is 16.6 Å². The number of hydrogen-bond acceptors (Lipinski definition) is 6. The molecular formula is C24H23ClN4O3. The third-order valence-corrected chi connectivity index (χ3v) is 6.00. The first-order chi connectivity index (χ1) is 15.5. The van der Waals surface area contributed by atoms with Gasteiger partial charge in [-0.15, -0.1) is 0 Å². The monoisotopic (exact) mass is 450 g/mol. The highest BCUT2D eigenvalue weighted by molar-refractivity contribution is 6.31. The zero-order valence-electron chi connectivity index (χ0n) is 17.9. The molecule has 1 fully saturated rings. The van der Waals surface area contributed by atoms with Crippen molar-refractivity contribution in [2.75, 3.05) is 37.5 Å². The number of nitriles is 1. The number of methoxy groups -OCH3 is 2. The van der Waals surface area contributed by atoms with Crippen LogP contribution in [0.4, 0.5) is 11.4 Å². The first-order valence-electron chi connectivity index (χ1n) is 10.3. The predicted molar refractivity (Wildman–Crippen MR) is 125 cm³/mol. The van der Waals surface area contributed by atoms with Gasteiger partial charge in [0.25, 0.3) is 0 Å². The molecule has 8 heteroatoms. The molecule has 0 atom stereocenters. The first kappa shape index (κ1) is 21.7. The summed E-state index contributed by atoms with van der Waals surface area (Å²) in [5.41, 5.74) is 2.70. The molecular weight excluding hydrogens is 428 g/mol. The lowest BCUT2D eigenvalue weighted by Gasteiger charge is -2.34. The molecule has 1 aromatic heterocycles. The highest BCUT2D eigenvalue weighted by Crippen LogP contribution is 2.35. The van der Waals surface area contributed by atoms with Gasteiger partial charge in [0.15, 0.2) is 0 Å². The number of nitrogens with one attached hydrogen (secondary N) is 1. The van der Waals surface area contributed by atoms with Crippen LogP contribution in [0.2, 0.25) is 5.02 Å². The van der Waals surface area contributed by atoms with Gasteiger partial charge in [-0.05, 0) is 43.2 Å².